The van der Waals surface area contributed by atoms with E-state index in [1.54, 1.807) is 54.6 Å². The van der Waals surface area contributed by atoms with Gasteiger partial charge in [-0.15, -0.1) is 10.2 Å². The van der Waals surface area contributed by atoms with Crippen molar-refractivity contribution in [3.63, 3.8) is 0 Å². The van der Waals surface area contributed by atoms with Crippen LogP contribution < -0.4 is 15.0 Å². The summed E-state index contributed by atoms with van der Waals surface area (Å²) in [5.41, 5.74) is 1.34. The minimum atomic E-state index is -0.643. The van der Waals surface area contributed by atoms with Gasteiger partial charge in [0.1, 0.15) is 11.5 Å². The van der Waals surface area contributed by atoms with Gasteiger partial charge >= 0.3 is 0 Å². The van der Waals surface area contributed by atoms with Crippen LogP contribution in [-0.4, -0.2) is 28.5 Å². The minimum Gasteiger partial charge on any atom is -0.495 e. The summed E-state index contributed by atoms with van der Waals surface area (Å²) in [6, 6.07) is 21.3. The Labute approximate surface area is 201 Å². The van der Waals surface area contributed by atoms with E-state index in [0.29, 0.717) is 28.6 Å². The monoisotopic (exact) mass is 474 g/mol. The second-order valence-corrected chi connectivity index (χ2v) is 7.63. The van der Waals surface area contributed by atoms with Gasteiger partial charge in [-0.05, 0) is 55.0 Å². The van der Waals surface area contributed by atoms with Crippen molar-refractivity contribution in [2.45, 2.75) is 6.92 Å². The molecular weight excluding hydrogens is 452 g/mol. The van der Waals surface area contributed by atoms with E-state index in [2.05, 4.69) is 10.2 Å². The number of hydrogen-bond acceptors (Lipinski definition) is 7. The van der Waals surface area contributed by atoms with Crippen molar-refractivity contribution in [3.05, 3.63) is 93.5 Å². The summed E-state index contributed by atoms with van der Waals surface area (Å²) >= 11 is 5.69. The lowest BCUT2D eigenvalue weighted by atomic mass is 10.2. The molecule has 0 unspecified atom stereocenters. The van der Waals surface area contributed by atoms with Gasteiger partial charge in [-0.1, -0.05) is 42.5 Å². The fraction of sp³-hybridized carbons (Fsp3) is 0.120. The van der Waals surface area contributed by atoms with Crippen LogP contribution in [-0.2, 0) is 0 Å². The molecule has 0 aliphatic heterocycles. The standard InChI is InChI=1S/C25H22N4O4S/c1-16-10-4-5-11-17(16)26-27-22-23(30)28(18-12-6-8-14-20(18)32-2)25(34)29(24(22)31)19-13-7-9-15-21(19)33-3/h4-15,30H,1-3H3. The van der Waals surface area contributed by atoms with Gasteiger partial charge in [0, 0.05) is 0 Å². The van der Waals surface area contributed by atoms with Gasteiger partial charge < -0.3 is 14.6 Å². The predicted molar refractivity (Wildman–Crippen MR) is 132 cm³/mol. The molecule has 0 atom stereocenters. The Bertz CT molecular complexity index is 1510. The highest BCUT2D eigenvalue weighted by Gasteiger charge is 2.22. The van der Waals surface area contributed by atoms with Crippen molar-refractivity contribution in [1.29, 1.82) is 0 Å². The average Bonchev–Trinajstić information content (AvgIpc) is 2.85. The molecule has 4 aromatic rings. The lowest BCUT2D eigenvalue weighted by Gasteiger charge is -2.18. The van der Waals surface area contributed by atoms with Gasteiger partial charge in [-0.25, -0.2) is 4.57 Å². The number of ether oxygens (including phenoxy) is 2. The number of para-hydroxylation sites is 4. The number of nitrogens with zero attached hydrogens (tertiary/aromatic N) is 4. The Hall–Kier alpha value is -4.24. The third-order valence-corrected chi connectivity index (χ3v) is 5.60. The molecule has 172 valence electrons. The van der Waals surface area contributed by atoms with E-state index < -0.39 is 11.4 Å². The molecule has 9 heteroatoms. The predicted octanol–water partition coefficient (Wildman–Crippen LogP) is 5.80. The zero-order valence-electron chi connectivity index (χ0n) is 18.8. The summed E-state index contributed by atoms with van der Waals surface area (Å²) in [4.78, 5) is 13.6. The van der Waals surface area contributed by atoms with Crippen LogP contribution >= 0.6 is 12.2 Å². The van der Waals surface area contributed by atoms with Crippen molar-refractivity contribution in [3.8, 4) is 28.8 Å². The normalized spacial score (nSPS) is 11.0. The van der Waals surface area contributed by atoms with Crippen molar-refractivity contribution in [2.24, 2.45) is 10.2 Å². The van der Waals surface area contributed by atoms with Crippen molar-refractivity contribution in [1.82, 2.24) is 9.13 Å². The largest absolute Gasteiger partial charge is 0.495 e. The van der Waals surface area contributed by atoms with Crippen molar-refractivity contribution >= 4 is 23.6 Å². The lowest BCUT2D eigenvalue weighted by molar-refractivity contribution is 0.400. The van der Waals surface area contributed by atoms with Gasteiger partial charge in [0.05, 0.1) is 31.3 Å². The number of aryl methyl sites for hydroxylation is 1. The van der Waals surface area contributed by atoms with Gasteiger partial charge in [0.25, 0.3) is 5.56 Å². The first-order valence-corrected chi connectivity index (χ1v) is 10.7. The molecule has 4 rings (SSSR count). The topological polar surface area (TPSA) is 90.3 Å². The molecule has 3 aromatic carbocycles. The number of methoxy groups -OCH3 is 2. The Morgan fingerprint density at radius 1 is 0.794 bits per heavy atom. The molecule has 0 saturated carbocycles. The van der Waals surface area contributed by atoms with Gasteiger partial charge in [-0.2, -0.15) is 0 Å². The van der Waals surface area contributed by atoms with Gasteiger partial charge in [0.2, 0.25) is 11.6 Å². The Kier molecular flexibility index (Phi) is 6.55. The molecule has 1 heterocycles. The molecular formula is C25H22N4O4S. The summed E-state index contributed by atoms with van der Waals surface area (Å²) in [7, 11) is 3.01. The second kappa shape index (κ2) is 9.72. The quantitative estimate of drug-likeness (QED) is 0.282. The van der Waals surface area contributed by atoms with E-state index >= 15 is 0 Å². The van der Waals surface area contributed by atoms with Crippen LogP contribution in [0, 0.1) is 11.7 Å². The zero-order valence-corrected chi connectivity index (χ0v) is 19.6. The first kappa shape index (κ1) is 22.9. The first-order valence-electron chi connectivity index (χ1n) is 10.3. The maximum Gasteiger partial charge on any atom is 0.290 e. The van der Waals surface area contributed by atoms with E-state index in [4.69, 9.17) is 21.7 Å². The molecule has 0 spiro atoms. The van der Waals surface area contributed by atoms with Crippen LogP contribution in [0.1, 0.15) is 5.56 Å². The maximum atomic E-state index is 13.6. The minimum absolute atomic E-state index is 0.00587. The van der Waals surface area contributed by atoms with E-state index in [-0.39, 0.29) is 10.5 Å². The highest BCUT2D eigenvalue weighted by atomic mass is 32.1. The van der Waals surface area contributed by atoms with Crippen molar-refractivity contribution in [2.75, 3.05) is 14.2 Å². The molecule has 0 radical (unpaired) electrons. The highest BCUT2D eigenvalue weighted by Crippen LogP contribution is 2.34. The molecule has 0 amide bonds. The van der Waals surface area contributed by atoms with Crippen LogP contribution in [0.5, 0.6) is 17.4 Å². The number of rotatable bonds is 6. The fourth-order valence-electron chi connectivity index (χ4n) is 3.51. The summed E-state index contributed by atoms with van der Waals surface area (Å²) in [6.07, 6.45) is 0. The third kappa shape index (κ3) is 4.08. The molecule has 0 fully saturated rings. The molecule has 0 aliphatic carbocycles. The Balaban J connectivity index is 2.09. The number of azo groups is 1. The SMILES string of the molecule is COc1ccccc1-n1c(O)c(N=Nc2ccccc2C)c(=O)n(-c2ccccc2OC)c1=S. The van der Waals surface area contributed by atoms with Crippen LogP contribution in [0.3, 0.4) is 0 Å². The number of aromatic hydroxyl groups is 1. The van der Waals surface area contributed by atoms with Gasteiger partial charge in [-0.3, -0.25) is 9.36 Å². The molecule has 0 bridgehead atoms. The number of benzene rings is 3. The van der Waals surface area contributed by atoms with Crippen LogP contribution in [0.25, 0.3) is 11.4 Å². The molecule has 1 aromatic heterocycles. The van der Waals surface area contributed by atoms with Gasteiger partial charge in [0.15, 0.2) is 4.77 Å². The first-order chi connectivity index (χ1) is 16.5. The highest BCUT2D eigenvalue weighted by molar-refractivity contribution is 7.71. The third-order valence-electron chi connectivity index (χ3n) is 5.24. The number of hydrogen-bond donors (Lipinski definition) is 1. The van der Waals surface area contributed by atoms with E-state index in [0.717, 1.165) is 5.56 Å². The van der Waals surface area contributed by atoms with Crippen LogP contribution in [0.15, 0.2) is 87.8 Å². The Morgan fingerprint density at radius 3 is 1.91 bits per heavy atom. The fourth-order valence-corrected chi connectivity index (χ4v) is 3.88. The molecule has 0 saturated heterocycles. The maximum absolute atomic E-state index is 13.6. The summed E-state index contributed by atoms with van der Waals surface area (Å²) in [5.74, 6) is 0.415. The molecule has 34 heavy (non-hydrogen) atoms. The molecule has 0 aliphatic rings. The summed E-state index contributed by atoms with van der Waals surface area (Å²) in [5, 5.41) is 19.6. The van der Waals surface area contributed by atoms with Crippen molar-refractivity contribution < 1.29 is 14.6 Å². The van der Waals surface area contributed by atoms with Crippen LogP contribution in [0.4, 0.5) is 11.4 Å². The Morgan fingerprint density at radius 2 is 1.32 bits per heavy atom. The molecule has 1 N–H and O–H groups in total. The van der Waals surface area contributed by atoms with E-state index in [9.17, 15) is 9.90 Å². The van der Waals surface area contributed by atoms with E-state index in [1.807, 2.05) is 25.1 Å². The van der Waals surface area contributed by atoms with E-state index in [1.165, 1.54) is 23.4 Å². The molecule has 8 nitrogen and oxygen atoms in total. The smallest absolute Gasteiger partial charge is 0.290 e. The average molecular weight is 475 g/mol. The second-order valence-electron chi connectivity index (χ2n) is 7.26. The summed E-state index contributed by atoms with van der Waals surface area (Å²) < 4.78 is 13.5. The van der Waals surface area contributed by atoms with Crippen LogP contribution in [0.2, 0.25) is 0 Å². The number of aromatic nitrogens is 2. The summed E-state index contributed by atoms with van der Waals surface area (Å²) in [6.45, 7) is 1.88. The zero-order chi connectivity index (χ0) is 24.2. The lowest BCUT2D eigenvalue weighted by Crippen LogP contribution is -2.23.